The van der Waals surface area contributed by atoms with Gasteiger partial charge in [0.1, 0.15) is 5.60 Å². The van der Waals surface area contributed by atoms with Crippen molar-refractivity contribution in [1.82, 2.24) is 15.0 Å². The maximum Gasteiger partial charge on any atom is 0.451 e. The molecule has 0 saturated heterocycles. The zero-order valence-electron chi connectivity index (χ0n) is 10.2. The highest BCUT2D eigenvalue weighted by atomic mass is 35.5. The van der Waals surface area contributed by atoms with Crippen molar-refractivity contribution in [3.63, 3.8) is 0 Å². The van der Waals surface area contributed by atoms with Crippen molar-refractivity contribution in [3.8, 4) is 0 Å². The van der Waals surface area contributed by atoms with Gasteiger partial charge >= 0.3 is 12.3 Å². The highest BCUT2D eigenvalue weighted by Crippen LogP contribution is 2.27. The normalized spacial score (nSPS) is 12.2. The van der Waals surface area contributed by atoms with Crippen LogP contribution in [-0.2, 0) is 10.9 Å². The van der Waals surface area contributed by atoms with Gasteiger partial charge in [-0.25, -0.2) is 4.79 Å². The second-order valence-electron chi connectivity index (χ2n) is 4.38. The molecule has 0 saturated carbocycles. The number of carbonyl (C=O) groups is 1. The van der Waals surface area contributed by atoms with Gasteiger partial charge in [-0.3, -0.25) is 5.32 Å². The number of rotatable bonds is 1. The Morgan fingerprint density at radius 3 is 2.26 bits per heavy atom. The molecule has 106 valence electrons. The molecular weight excluding hydrogens is 289 g/mol. The van der Waals surface area contributed by atoms with E-state index < -0.39 is 34.9 Å². The largest absolute Gasteiger partial charge is 0.451 e. The van der Waals surface area contributed by atoms with Crippen LogP contribution in [0.1, 0.15) is 26.6 Å². The van der Waals surface area contributed by atoms with Gasteiger partial charge in [-0.1, -0.05) is 0 Å². The third-order valence-electron chi connectivity index (χ3n) is 1.47. The molecule has 1 heterocycles. The van der Waals surface area contributed by atoms with E-state index in [4.69, 9.17) is 16.3 Å². The molecule has 1 rings (SSSR count). The maximum atomic E-state index is 12.4. The molecule has 0 aromatic carbocycles. The van der Waals surface area contributed by atoms with Crippen LogP contribution in [0.3, 0.4) is 0 Å². The van der Waals surface area contributed by atoms with Crippen molar-refractivity contribution in [2.45, 2.75) is 32.5 Å². The van der Waals surface area contributed by atoms with Crippen molar-refractivity contribution in [2.75, 3.05) is 5.32 Å². The summed E-state index contributed by atoms with van der Waals surface area (Å²) in [6.07, 6.45) is -5.79. The summed E-state index contributed by atoms with van der Waals surface area (Å²) in [5.74, 6) is -2.14. The van der Waals surface area contributed by atoms with Gasteiger partial charge in [-0.05, 0) is 32.4 Å². The summed E-state index contributed by atoms with van der Waals surface area (Å²) in [4.78, 5) is 20.6. The van der Waals surface area contributed by atoms with Gasteiger partial charge in [-0.2, -0.15) is 28.1 Å². The second-order valence-corrected chi connectivity index (χ2v) is 4.71. The monoisotopic (exact) mass is 298 g/mol. The van der Waals surface area contributed by atoms with E-state index in [9.17, 15) is 18.0 Å². The summed E-state index contributed by atoms with van der Waals surface area (Å²) < 4.78 is 42.0. The van der Waals surface area contributed by atoms with Gasteiger partial charge in [0.05, 0.1) is 0 Å². The number of carbonyl (C=O) groups excluding carboxylic acids is 1. The molecule has 1 aromatic heterocycles. The molecule has 0 radical (unpaired) electrons. The minimum Gasteiger partial charge on any atom is -0.444 e. The Labute approximate surface area is 111 Å². The lowest BCUT2D eigenvalue weighted by molar-refractivity contribution is -0.145. The van der Waals surface area contributed by atoms with E-state index in [0.29, 0.717) is 0 Å². The molecule has 0 aliphatic rings. The van der Waals surface area contributed by atoms with Crippen LogP contribution in [0.15, 0.2) is 0 Å². The van der Waals surface area contributed by atoms with Crippen LogP contribution < -0.4 is 5.32 Å². The van der Waals surface area contributed by atoms with Crippen molar-refractivity contribution in [3.05, 3.63) is 11.1 Å². The van der Waals surface area contributed by atoms with Gasteiger partial charge in [0.25, 0.3) is 0 Å². The fourth-order valence-corrected chi connectivity index (χ4v) is 1.09. The van der Waals surface area contributed by atoms with Crippen molar-refractivity contribution in [1.29, 1.82) is 0 Å². The summed E-state index contributed by atoms with van der Waals surface area (Å²) >= 11 is 5.32. The van der Waals surface area contributed by atoms with Gasteiger partial charge in [0, 0.05) is 0 Å². The zero-order valence-corrected chi connectivity index (χ0v) is 10.9. The number of anilines is 1. The fraction of sp³-hybridized carbons (Fsp3) is 0.556. The molecule has 10 heteroatoms. The SMILES string of the molecule is CC(C)(C)OC(=O)Nc1nc(Cl)nc(C(F)(F)F)n1. The van der Waals surface area contributed by atoms with Crippen LogP contribution in [0.4, 0.5) is 23.9 Å². The van der Waals surface area contributed by atoms with Crippen LogP contribution in [0, 0.1) is 0 Å². The van der Waals surface area contributed by atoms with Gasteiger partial charge in [-0.15, -0.1) is 0 Å². The second kappa shape index (κ2) is 5.16. The van der Waals surface area contributed by atoms with Crippen molar-refractivity contribution >= 4 is 23.6 Å². The molecule has 1 N–H and O–H groups in total. The molecule has 1 aromatic rings. The topological polar surface area (TPSA) is 77.0 Å². The van der Waals surface area contributed by atoms with Gasteiger partial charge in [0.15, 0.2) is 0 Å². The molecule has 0 bridgehead atoms. The Kier molecular flexibility index (Phi) is 4.18. The number of halogens is 4. The molecular formula is C9H10ClF3N4O2. The number of ether oxygens (including phenoxy) is 1. The smallest absolute Gasteiger partial charge is 0.444 e. The average molecular weight is 299 g/mol. The van der Waals surface area contributed by atoms with E-state index >= 15 is 0 Å². The van der Waals surface area contributed by atoms with Crippen LogP contribution >= 0.6 is 11.6 Å². The molecule has 19 heavy (non-hydrogen) atoms. The summed E-state index contributed by atoms with van der Waals surface area (Å²) in [5.41, 5.74) is -0.812. The van der Waals surface area contributed by atoms with Crippen LogP contribution in [0.5, 0.6) is 0 Å². The Morgan fingerprint density at radius 1 is 1.21 bits per heavy atom. The number of amides is 1. The number of nitrogens with one attached hydrogen (secondary N) is 1. The molecule has 0 aliphatic heterocycles. The van der Waals surface area contributed by atoms with Gasteiger partial charge < -0.3 is 4.74 Å². The predicted octanol–water partition coefficient (Wildman–Crippen LogP) is 2.89. The molecule has 0 fully saturated rings. The van der Waals surface area contributed by atoms with E-state index in [0.717, 1.165) is 0 Å². The lowest BCUT2D eigenvalue weighted by atomic mass is 10.2. The molecule has 0 aliphatic carbocycles. The third kappa shape index (κ3) is 5.25. The first-order valence-corrected chi connectivity index (χ1v) is 5.34. The van der Waals surface area contributed by atoms with E-state index in [1.165, 1.54) is 0 Å². The third-order valence-corrected chi connectivity index (χ3v) is 1.64. The van der Waals surface area contributed by atoms with Crippen molar-refractivity contribution < 1.29 is 22.7 Å². The van der Waals surface area contributed by atoms with E-state index in [1.807, 2.05) is 5.32 Å². The molecule has 6 nitrogen and oxygen atoms in total. The maximum absolute atomic E-state index is 12.4. The average Bonchev–Trinajstić information content (AvgIpc) is 2.11. The van der Waals surface area contributed by atoms with Gasteiger partial charge in [0.2, 0.25) is 17.1 Å². The molecule has 1 amide bonds. The minimum absolute atomic E-state index is 0.637. The zero-order chi connectivity index (χ0) is 14.8. The summed E-state index contributed by atoms with van der Waals surface area (Å²) in [5, 5.41) is 1.26. The Balaban J connectivity index is 2.91. The first-order valence-electron chi connectivity index (χ1n) is 4.96. The Morgan fingerprint density at radius 2 is 1.79 bits per heavy atom. The number of alkyl halides is 3. The summed E-state index contributed by atoms with van der Waals surface area (Å²) in [6, 6.07) is 0. The first kappa shape index (κ1) is 15.4. The number of aromatic nitrogens is 3. The van der Waals surface area contributed by atoms with E-state index in [2.05, 4.69) is 15.0 Å². The predicted molar refractivity (Wildman–Crippen MR) is 59.7 cm³/mol. The standard InChI is InChI=1S/C9H10ClF3N4O2/c1-8(2,3)19-7(18)17-6-15-4(9(11,12)13)14-5(10)16-6/h1-3H3,(H,14,15,16,17,18). The molecule has 0 unspecified atom stereocenters. The highest BCUT2D eigenvalue weighted by molar-refractivity contribution is 6.28. The number of hydrogen-bond donors (Lipinski definition) is 1. The lowest BCUT2D eigenvalue weighted by Gasteiger charge is -2.19. The quantitative estimate of drug-likeness (QED) is 0.862. The highest BCUT2D eigenvalue weighted by Gasteiger charge is 2.36. The van der Waals surface area contributed by atoms with E-state index in [-0.39, 0.29) is 0 Å². The minimum atomic E-state index is -4.79. The van der Waals surface area contributed by atoms with E-state index in [1.54, 1.807) is 20.8 Å². The molecule has 0 atom stereocenters. The Hall–Kier alpha value is -1.64. The van der Waals surface area contributed by atoms with Crippen LogP contribution in [0.25, 0.3) is 0 Å². The Bertz CT molecular complexity index is 487. The summed E-state index contributed by atoms with van der Waals surface area (Å²) in [7, 11) is 0. The summed E-state index contributed by atoms with van der Waals surface area (Å²) in [6.45, 7) is 4.77. The van der Waals surface area contributed by atoms with Crippen LogP contribution in [-0.4, -0.2) is 26.6 Å². The first-order chi connectivity index (χ1) is 8.47. The number of nitrogens with zero attached hydrogens (tertiary/aromatic N) is 3. The fourth-order valence-electron chi connectivity index (χ4n) is 0.928. The number of hydrogen-bond acceptors (Lipinski definition) is 5. The van der Waals surface area contributed by atoms with Crippen LogP contribution in [0.2, 0.25) is 5.28 Å². The van der Waals surface area contributed by atoms with Crippen molar-refractivity contribution in [2.24, 2.45) is 0 Å². The lowest BCUT2D eigenvalue weighted by Crippen LogP contribution is -2.28. The molecule has 0 spiro atoms.